The summed E-state index contributed by atoms with van der Waals surface area (Å²) in [4.78, 5) is 4.25. The third-order valence-corrected chi connectivity index (χ3v) is 3.83. The predicted octanol–water partition coefficient (Wildman–Crippen LogP) is 3.31. The fraction of sp³-hybridized carbons (Fsp3) is 0.417. The van der Waals surface area contributed by atoms with Gasteiger partial charge in [-0.3, -0.25) is 4.98 Å². The van der Waals surface area contributed by atoms with Crippen LogP contribution >= 0.6 is 22.9 Å². The zero-order valence-electron chi connectivity index (χ0n) is 10.4. The molecule has 2 heterocycles. The van der Waals surface area contributed by atoms with Gasteiger partial charge in [-0.15, -0.1) is 10.2 Å². The van der Waals surface area contributed by atoms with Crippen molar-refractivity contribution in [3.8, 4) is 10.7 Å². The summed E-state index contributed by atoms with van der Waals surface area (Å²) < 4.78 is 0. The van der Waals surface area contributed by atoms with Gasteiger partial charge >= 0.3 is 0 Å². The largest absolute Gasteiger partial charge is 0.308 e. The molecule has 0 saturated heterocycles. The van der Waals surface area contributed by atoms with Crippen molar-refractivity contribution in [2.45, 2.75) is 26.3 Å². The second kappa shape index (κ2) is 6.22. The van der Waals surface area contributed by atoms with Crippen LogP contribution < -0.4 is 5.32 Å². The monoisotopic (exact) mass is 282 g/mol. The number of hydrogen-bond donors (Lipinski definition) is 1. The Hall–Kier alpha value is -1.04. The van der Waals surface area contributed by atoms with E-state index in [4.69, 9.17) is 11.6 Å². The zero-order chi connectivity index (χ0) is 13.0. The number of nitrogens with zero attached hydrogens (tertiary/aromatic N) is 3. The van der Waals surface area contributed by atoms with Crippen LogP contribution in [-0.4, -0.2) is 21.7 Å². The predicted molar refractivity (Wildman–Crippen MR) is 74.9 cm³/mol. The summed E-state index contributed by atoms with van der Waals surface area (Å²) in [6, 6.07) is 3.95. The SMILES string of the molecule is CCNC(CC)c1nnc(-c2ccc(Cl)cn2)s1. The topological polar surface area (TPSA) is 50.7 Å². The van der Waals surface area contributed by atoms with E-state index in [1.54, 1.807) is 17.5 Å². The van der Waals surface area contributed by atoms with Crippen LogP contribution in [0.2, 0.25) is 5.02 Å². The minimum atomic E-state index is 0.272. The molecule has 4 nitrogen and oxygen atoms in total. The molecular weight excluding hydrogens is 268 g/mol. The smallest absolute Gasteiger partial charge is 0.166 e. The highest BCUT2D eigenvalue weighted by molar-refractivity contribution is 7.14. The van der Waals surface area contributed by atoms with Gasteiger partial charge in [0.1, 0.15) is 10.7 Å². The Morgan fingerprint density at radius 3 is 2.78 bits per heavy atom. The lowest BCUT2D eigenvalue weighted by molar-refractivity contribution is 0.531. The minimum Gasteiger partial charge on any atom is -0.308 e. The first-order chi connectivity index (χ1) is 8.74. The fourth-order valence-electron chi connectivity index (χ4n) is 1.63. The molecule has 0 amide bonds. The van der Waals surface area contributed by atoms with Crippen LogP contribution in [0.4, 0.5) is 0 Å². The van der Waals surface area contributed by atoms with Crippen molar-refractivity contribution >= 4 is 22.9 Å². The molecule has 0 bridgehead atoms. The molecule has 2 aromatic rings. The molecule has 2 rings (SSSR count). The van der Waals surface area contributed by atoms with E-state index < -0.39 is 0 Å². The maximum Gasteiger partial charge on any atom is 0.166 e. The molecule has 18 heavy (non-hydrogen) atoms. The van der Waals surface area contributed by atoms with Crippen molar-refractivity contribution in [3.05, 3.63) is 28.4 Å². The molecular formula is C12H15ClN4S. The molecule has 0 saturated carbocycles. The molecule has 2 aromatic heterocycles. The van der Waals surface area contributed by atoms with Gasteiger partial charge in [-0.05, 0) is 25.1 Å². The molecule has 96 valence electrons. The summed E-state index contributed by atoms with van der Waals surface area (Å²) >= 11 is 7.39. The van der Waals surface area contributed by atoms with Gasteiger partial charge in [-0.25, -0.2) is 0 Å². The molecule has 0 aliphatic rings. The normalized spacial score (nSPS) is 12.6. The summed E-state index contributed by atoms with van der Waals surface area (Å²) in [5, 5.41) is 14.3. The molecule has 0 aliphatic heterocycles. The lowest BCUT2D eigenvalue weighted by Gasteiger charge is -2.10. The number of aromatic nitrogens is 3. The first-order valence-electron chi connectivity index (χ1n) is 5.93. The lowest BCUT2D eigenvalue weighted by Crippen LogP contribution is -2.19. The van der Waals surface area contributed by atoms with Crippen LogP contribution in [0.15, 0.2) is 18.3 Å². The average Bonchev–Trinajstić information content (AvgIpc) is 2.86. The first kappa shape index (κ1) is 13.4. The van der Waals surface area contributed by atoms with Gasteiger partial charge in [0.05, 0.1) is 11.1 Å². The van der Waals surface area contributed by atoms with Gasteiger partial charge in [0.25, 0.3) is 0 Å². The van der Waals surface area contributed by atoms with E-state index in [9.17, 15) is 0 Å². The van der Waals surface area contributed by atoms with Gasteiger partial charge in [0.15, 0.2) is 5.01 Å². The summed E-state index contributed by atoms with van der Waals surface area (Å²) in [7, 11) is 0. The van der Waals surface area contributed by atoms with E-state index in [0.29, 0.717) is 5.02 Å². The van der Waals surface area contributed by atoms with Gasteiger partial charge in [0.2, 0.25) is 0 Å². The van der Waals surface area contributed by atoms with Gasteiger partial charge in [0, 0.05) is 6.20 Å². The average molecular weight is 283 g/mol. The van der Waals surface area contributed by atoms with E-state index >= 15 is 0 Å². The third-order valence-electron chi connectivity index (χ3n) is 2.54. The Morgan fingerprint density at radius 2 is 2.17 bits per heavy atom. The van der Waals surface area contributed by atoms with E-state index in [-0.39, 0.29) is 6.04 Å². The maximum absolute atomic E-state index is 5.81. The second-order valence-electron chi connectivity index (χ2n) is 3.83. The molecule has 0 spiro atoms. The van der Waals surface area contributed by atoms with Crippen LogP contribution in [-0.2, 0) is 0 Å². The van der Waals surface area contributed by atoms with E-state index in [0.717, 1.165) is 28.7 Å². The Labute approximate surface area is 115 Å². The van der Waals surface area contributed by atoms with Crippen molar-refractivity contribution in [2.75, 3.05) is 6.54 Å². The van der Waals surface area contributed by atoms with E-state index in [1.165, 1.54) is 0 Å². The van der Waals surface area contributed by atoms with Crippen LogP contribution in [0.25, 0.3) is 10.7 Å². The number of hydrogen-bond acceptors (Lipinski definition) is 5. The molecule has 0 radical (unpaired) electrons. The number of pyridine rings is 1. The standard InChI is InChI=1S/C12H15ClN4S/c1-3-9(14-4-2)11-16-17-12(18-11)10-6-5-8(13)7-15-10/h5-7,9,14H,3-4H2,1-2H3. The highest BCUT2D eigenvalue weighted by atomic mass is 35.5. The molecule has 6 heteroatoms. The minimum absolute atomic E-state index is 0.272. The quantitative estimate of drug-likeness (QED) is 0.914. The second-order valence-corrected chi connectivity index (χ2v) is 5.27. The highest BCUT2D eigenvalue weighted by Crippen LogP contribution is 2.27. The van der Waals surface area contributed by atoms with Crippen molar-refractivity contribution in [1.82, 2.24) is 20.5 Å². The summed E-state index contributed by atoms with van der Waals surface area (Å²) in [5.41, 5.74) is 0.814. The third kappa shape index (κ3) is 3.04. The van der Waals surface area contributed by atoms with Crippen molar-refractivity contribution in [3.63, 3.8) is 0 Å². The molecule has 0 aliphatic carbocycles. The van der Waals surface area contributed by atoms with E-state index in [1.807, 2.05) is 12.1 Å². The van der Waals surface area contributed by atoms with Crippen molar-refractivity contribution < 1.29 is 0 Å². The molecule has 1 atom stereocenters. The summed E-state index contributed by atoms with van der Waals surface area (Å²) in [6.45, 7) is 5.15. The number of nitrogens with one attached hydrogen (secondary N) is 1. The zero-order valence-corrected chi connectivity index (χ0v) is 11.9. The molecule has 0 aromatic carbocycles. The van der Waals surface area contributed by atoms with Gasteiger partial charge in [-0.2, -0.15) is 0 Å². The fourth-order valence-corrected chi connectivity index (χ4v) is 2.72. The Morgan fingerprint density at radius 1 is 1.33 bits per heavy atom. The van der Waals surface area contributed by atoms with Crippen molar-refractivity contribution in [1.29, 1.82) is 0 Å². The van der Waals surface area contributed by atoms with Crippen LogP contribution in [0.1, 0.15) is 31.3 Å². The van der Waals surface area contributed by atoms with Crippen LogP contribution in [0.3, 0.4) is 0 Å². The Bertz CT molecular complexity index is 497. The Balaban J connectivity index is 2.21. The maximum atomic E-state index is 5.81. The molecule has 1 N–H and O–H groups in total. The number of rotatable bonds is 5. The highest BCUT2D eigenvalue weighted by Gasteiger charge is 2.15. The lowest BCUT2D eigenvalue weighted by atomic mass is 10.2. The van der Waals surface area contributed by atoms with Gasteiger partial charge in [-0.1, -0.05) is 36.8 Å². The first-order valence-corrected chi connectivity index (χ1v) is 7.12. The molecule has 0 fully saturated rings. The number of halogens is 1. The molecule has 1 unspecified atom stereocenters. The summed E-state index contributed by atoms with van der Waals surface area (Å²) in [6.07, 6.45) is 2.62. The van der Waals surface area contributed by atoms with Gasteiger partial charge < -0.3 is 5.32 Å². The van der Waals surface area contributed by atoms with E-state index in [2.05, 4.69) is 34.3 Å². The summed E-state index contributed by atoms with van der Waals surface area (Å²) in [5.74, 6) is 0. The van der Waals surface area contributed by atoms with Crippen LogP contribution in [0.5, 0.6) is 0 Å². The van der Waals surface area contributed by atoms with Crippen molar-refractivity contribution in [2.24, 2.45) is 0 Å². The van der Waals surface area contributed by atoms with Crippen LogP contribution in [0, 0.1) is 0 Å². The Kier molecular flexibility index (Phi) is 4.63.